The van der Waals surface area contributed by atoms with Crippen LogP contribution in [0.25, 0.3) is 0 Å². The predicted molar refractivity (Wildman–Crippen MR) is 140 cm³/mol. The third-order valence-corrected chi connectivity index (χ3v) is 6.04. The van der Waals surface area contributed by atoms with Crippen LogP contribution in [0.5, 0.6) is 11.5 Å². The van der Waals surface area contributed by atoms with Gasteiger partial charge < -0.3 is 19.7 Å². The van der Waals surface area contributed by atoms with Crippen molar-refractivity contribution in [3.63, 3.8) is 0 Å². The van der Waals surface area contributed by atoms with Gasteiger partial charge in [-0.25, -0.2) is 0 Å². The molecule has 0 aliphatic rings. The van der Waals surface area contributed by atoms with Gasteiger partial charge in [-0.2, -0.15) is 13.2 Å². The maximum absolute atomic E-state index is 14.1. The van der Waals surface area contributed by atoms with E-state index in [2.05, 4.69) is 5.32 Å². The van der Waals surface area contributed by atoms with Crippen molar-refractivity contribution in [2.45, 2.75) is 31.9 Å². The Morgan fingerprint density at radius 3 is 2.16 bits per heavy atom. The second kappa shape index (κ2) is 13.0. The summed E-state index contributed by atoms with van der Waals surface area (Å²) < 4.78 is 49.7. The first-order valence-corrected chi connectivity index (χ1v) is 12.2. The van der Waals surface area contributed by atoms with Gasteiger partial charge in [0.1, 0.15) is 5.92 Å². The van der Waals surface area contributed by atoms with Crippen LogP contribution in [0.15, 0.2) is 72.8 Å². The van der Waals surface area contributed by atoms with Crippen LogP contribution in [-0.2, 0) is 22.2 Å². The largest absolute Gasteiger partial charge is 0.493 e. The fourth-order valence-corrected chi connectivity index (χ4v) is 4.02. The number of anilines is 1. The number of halogens is 3. The van der Waals surface area contributed by atoms with Gasteiger partial charge in [0.25, 0.3) is 0 Å². The van der Waals surface area contributed by atoms with E-state index in [1.165, 1.54) is 31.3 Å². The highest BCUT2D eigenvalue weighted by molar-refractivity contribution is 6.12. The monoisotopic (exact) mass is 528 g/mol. The van der Waals surface area contributed by atoms with E-state index in [1.54, 1.807) is 48.5 Å². The van der Waals surface area contributed by atoms with Gasteiger partial charge in [0.05, 0.1) is 19.8 Å². The zero-order chi connectivity index (χ0) is 27.7. The van der Waals surface area contributed by atoms with Crippen LogP contribution in [0.3, 0.4) is 0 Å². The number of hydrogen-bond donors (Lipinski definition) is 1. The number of ether oxygens (including phenoxy) is 2. The fraction of sp³-hybridized carbons (Fsp3) is 0.310. The normalized spacial score (nSPS) is 11.9. The molecule has 3 aromatic carbocycles. The number of amides is 2. The second-order valence-electron chi connectivity index (χ2n) is 8.61. The molecule has 202 valence electrons. The molecule has 3 rings (SSSR count). The number of rotatable bonds is 11. The van der Waals surface area contributed by atoms with E-state index in [9.17, 15) is 22.8 Å². The molecular weight excluding hydrogens is 497 g/mol. The lowest BCUT2D eigenvalue weighted by molar-refractivity contribution is -0.137. The Kier molecular flexibility index (Phi) is 9.76. The zero-order valence-corrected chi connectivity index (χ0v) is 21.5. The van der Waals surface area contributed by atoms with Crippen LogP contribution in [0, 0.1) is 0 Å². The molecule has 1 N–H and O–H groups in total. The quantitative estimate of drug-likeness (QED) is 0.329. The minimum absolute atomic E-state index is 0.115. The van der Waals surface area contributed by atoms with Gasteiger partial charge in [0.2, 0.25) is 11.8 Å². The number of carbonyl (C=O) groups is 2. The average molecular weight is 529 g/mol. The summed E-state index contributed by atoms with van der Waals surface area (Å²) in [7, 11) is 2.97. The minimum atomic E-state index is -4.44. The van der Waals surface area contributed by atoms with Crippen LogP contribution in [0.2, 0.25) is 0 Å². The van der Waals surface area contributed by atoms with E-state index in [0.717, 1.165) is 12.1 Å². The van der Waals surface area contributed by atoms with Crippen molar-refractivity contribution in [3.8, 4) is 11.5 Å². The van der Waals surface area contributed by atoms with Crippen molar-refractivity contribution in [1.82, 2.24) is 5.32 Å². The first-order valence-electron chi connectivity index (χ1n) is 12.2. The first-order chi connectivity index (χ1) is 18.2. The van der Waals surface area contributed by atoms with Gasteiger partial charge in [-0.1, -0.05) is 49.4 Å². The Morgan fingerprint density at radius 2 is 1.58 bits per heavy atom. The summed E-state index contributed by atoms with van der Waals surface area (Å²) in [5.41, 5.74) is 0.865. The first kappa shape index (κ1) is 28.6. The smallest absolute Gasteiger partial charge is 0.416 e. The van der Waals surface area contributed by atoms with Crippen molar-refractivity contribution >= 4 is 17.5 Å². The Bertz CT molecular complexity index is 1210. The standard InChI is InChI=1S/C29H31F3N2O4/c1-4-17-33-27(35)26(21-8-6-5-7-9-21)28(36)34(23-14-15-24(37-2)25(19-23)38-3)18-16-20-10-12-22(13-11-20)29(30,31)32/h5-15,19,26H,4,16-18H2,1-3H3,(H,33,35). The Labute approximate surface area is 220 Å². The van der Waals surface area contributed by atoms with Gasteiger partial charge in [0, 0.05) is 24.8 Å². The SMILES string of the molecule is CCCNC(=O)C(C(=O)N(CCc1ccc(C(F)(F)F)cc1)c1ccc(OC)c(OC)c1)c1ccccc1. The molecule has 0 spiro atoms. The predicted octanol–water partition coefficient (Wildman–Crippen LogP) is 5.61. The lowest BCUT2D eigenvalue weighted by Crippen LogP contribution is -2.43. The maximum Gasteiger partial charge on any atom is 0.416 e. The Morgan fingerprint density at radius 1 is 0.921 bits per heavy atom. The van der Waals surface area contributed by atoms with E-state index in [0.29, 0.717) is 41.3 Å². The summed E-state index contributed by atoms with van der Waals surface area (Å²) in [5, 5.41) is 2.82. The molecule has 9 heteroatoms. The van der Waals surface area contributed by atoms with Crippen LogP contribution in [0.1, 0.15) is 36.0 Å². The van der Waals surface area contributed by atoms with Gasteiger partial charge >= 0.3 is 6.18 Å². The molecular formula is C29H31F3N2O4. The summed E-state index contributed by atoms with van der Waals surface area (Å²) in [4.78, 5) is 28.7. The summed E-state index contributed by atoms with van der Waals surface area (Å²) in [5.74, 6) is -1.16. The minimum Gasteiger partial charge on any atom is -0.493 e. The van der Waals surface area contributed by atoms with Crippen LogP contribution in [0.4, 0.5) is 18.9 Å². The molecule has 6 nitrogen and oxygen atoms in total. The van der Waals surface area contributed by atoms with Crippen molar-refractivity contribution in [2.75, 3.05) is 32.2 Å². The molecule has 2 amide bonds. The summed E-state index contributed by atoms with van der Waals surface area (Å²) in [6.07, 6.45) is -3.47. The van der Waals surface area contributed by atoms with Crippen LogP contribution in [-0.4, -0.2) is 39.1 Å². The molecule has 0 aliphatic carbocycles. The molecule has 1 atom stereocenters. The third-order valence-electron chi connectivity index (χ3n) is 6.04. The summed E-state index contributed by atoms with van der Waals surface area (Å²) in [6.45, 7) is 2.45. The van der Waals surface area contributed by atoms with E-state index in [1.807, 2.05) is 6.92 Å². The fourth-order valence-electron chi connectivity index (χ4n) is 4.02. The molecule has 0 heterocycles. The molecule has 0 radical (unpaired) electrons. The van der Waals surface area contributed by atoms with Crippen molar-refractivity contribution in [3.05, 3.63) is 89.5 Å². The molecule has 1 unspecified atom stereocenters. The van der Waals surface area contributed by atoms with Crippen LogP contribution < -0.4 is 19.7 Å². The van der Waals surface area contributed by atoms with Gasteiger partial charge in [-0.05, 0) is 48.2 Å². The molecule has 0 saturated carbocycles. The number of alkyl halides is 3. The number of methoxy groups -OCH3 is 2. The van der Waals surface area contributed by atoms with Gasteiger partial charge in [-0.3, -0.25) is 9.59 Å². The highest BCUT2D eigenvalue weighted by atomic mass is 19.4. The molecule has 38 heavy (non-hydrogen) atoms. The second-order valence-corrected chi connectivity index (χ2v) is 8.61. The molecule has 3 aromatic rings. The van der Waals surface area contributed by atoms with E-state index >= 15 is 0 Å². The lowest BCUT2D eigenvalue weighted by atomic mass is 9.95. The van der Waals surface area contributed by atoms with E-state index in [-0.39, 0.29) is 13.0 Å². The van der Waals surface area contributed by atoms with Crippen molar-refractivity contribution in [2.24, 2.45) is 0 Å². The highest BCUT2D eigenvalue weighted by Crippen LogP contribution is 2.34. The van der Waals surface area contributed by atoms with E-state index < -0.39 is 29.5 Å². The number of hydrogen-bond acceptors (Lipinski definition) is 4. The molecule has 0 aromatic heterocycles. The number of nitrogens with one attached hydrogen (secondary N) is 1. The lowest BCUT2D eigenvalue weighted by Gasteiger charge is -2.28. The third kappa shape index (κ3) is 7.06. The number of nitrogens with zero attached hydrogens (tertiary/aromatic N) is 1. The topological polar surface area (TPSA) is 67.9 Å². The summed E-state index contributed by atoms with van der Waals surface area (Å²) >= 11 is 0. The maximum atomic E-state index is 14.1. The molecule has 0 fully saturated rings. The summed E-state index contributed by atoms with van der Waals surface area (Å²) in [6, 6.07) is 18.5. The molecule has 0 bridgehead atoms. The average Bonchev–Trinajstić information content (AvgIpc) is 2.92. The van der Waals surface area contributed by atoms with Gasteiger partial charge in [-0.15, -0.1) is 0 Å². The van der Waals surface area contributed by atoms with Crippen LogP contribution >= 0.6 is 0 Å². The van der Waals surface area contributed by atoms with E-state index in [4.69, 9.17) is 9.47 Å². The number of benzene rings is 3. The van der Waals surface area contributed by atoms with Gasteiger partial charge in [0.15, 0.2) is 11.5 Å². The van der Waals surface area contributed by atoms with Crippen molar-refractivity contribution in [1.29, 1.82) is 0 Å². The number of carbonyl (C=O) groups excluding carboxylic acids is 2. The Balaban J connectivity index is 2.00. The Hall–Kier alpha value is -4.01. The highest BCUT2D eigenvalue weighted by Gasteiger charge is 2.33. The molecule has 0 aliphatic heterocycles. The zero-order valence-electron chi connectivity index (χ0n) is 21.5. The van der Waals surface area contributed by atoms with Crippen molar-refractivity contribution < 1.29 is 32.2 Å². The molecule has 0 saturated heterocycles.